The second-order valence-electron chi connectivity index (χ2n) is 8.09. The SMILES string of the molecule is Nc1nc(-c2ccc3c(N)n[nH]c3c2)cc(N2CCC[C@H](C(=O)Nc3ccccc3F)C2)n1. The smallest absolute Gasteiger partial charge is 0.229 e. The Bertz CT molecular complexity index is 1340. The number of carbonyl (C=O) groups excluding carboxylic acids is 1. The molecule has 10 heteroatoms. The van der Waals surface area contributed by atoms with Crippen LogP contribution >= 0.6 is 0 Å². The molecule has 9 nitrogen and oxygen atoms in total. The van der Waals surface area contributed by atoms with Gasteiger partial charge < -0.3 is 21.7 Å². The average molecular weight is 446 g/mol. The number of halogens is 1. The van der Waals surface area contributed by atoms with Gasteiger partial charge in [0, 0.05) is 30.1 Å². The van der Waals surface area contributed by atoms with Crippen molar-refractivity contribution in [2.24, 2.45) is 5.92 Å². The van der Waals surface area contributed by atoms with Gasteiger partial charge in [-0.1, -0.05) is 18.2 Å². The quantitative estimate of drug-likeness (QED) is 0.378. The molecule has 5 rings (SSSR count). The predicted molar refractivity (Wildman–Crippen MR) is 126 cm³/mol. The van der Waals surface area contributed by atoms with Crippen LogP contribution in [0.4, 0.5) is 27.7 Å². The number of nitrogen functional groups attached to an aromatic ring is 2. The van der Waals surface area contributed by atoms with Crippen LogP contribution in [0.1, 0.15) is 12.8 Å². The number of aromatic nitrogens is 4. The number of rotatable bonds is 4. The Morgan fingerprint density at radius 3 is 2.85 bits per heavy atom. The number of anilines is 4. The highest BCUT2D eigenvalue weighted by Gasteiger charge is 2.27. The minimum atomic E-state index is -0.456. The minimum absolute atomic E-state index is 0.143. The zero-order chi connectivity index (χ0) is 22.9. The van der Waals surface area contributed by atoms with Crippen LogP contribution in [0.3, 0.4) is 0 Å². The first-order chi connectivity index (χ1) is 16.0. The molecule has 4 aromatic rings. The van der Waals surface area contributed by atoms with Crippen LogP contribution in [-0.2, 0) is 4.79 Å². The molecule has 3 heterocycles. The van der Waals surface area contributed by atoms with Crippen molar-refractivity contribution in [3.63, 3.8) is 0 Å². The summed E-state index contributed by atoms with van der Waals surface area (Å²) in [6, 6.07) is 13.7. The summed E-state index contributed by atoms with van der Waals surface area (Å²) in [7, 11) is 0. The first-order valence-corrected chi connectivity index (χ1v) is 10.7. The number of aromatic amines is 1. The van der Waals surface area contributed by atoms with Crippen LogP contribution in [0, 0.1) is 11.7 Å². The van der Waals surface area contributed by atoms with Crippen molar-refractivity contribution in [3.8, 4) is 11.3 Å². The van der Waals surface area contributed by atoms with Gasteiger partial charge in [-0.25, -0.2) is 9.37 Å². The van der Waals surface area contributed by atoms with E-state index >= 15 is 0 Å². The van der Waals surface area contributed by atoms with Crippen LogP contribution in [-0.4, -0.2) is 39.2 Å². The van der Waals surface area contributed by atoms with E-state index in [9.17, 15) is 9.18 Å². The number of hydrogen-bond acceptors (Lipinski definition) is 7. The normalized spacial score (nSPS) is 16.2. The number of amides is 1. The highest BCUT2D eigenvalue weighted by molar-refractivity contribution is 5.93. The van der Waals surface area contributed by atoms with E-state index in [0.29, 0.717) is 30.3 Å². The molecule has 0 bridgehead atoms. The summed E-state index contributed by atoms with van der Waals surface area (Å²) in [6.45, 7) is 1.18. The summed E-state index contributed by atoms with van der Waals surface area (Å²) in [5.74, 6) is 0.251. The number of benzene rings is 2. The molecule has 168 valence electrons. The average Bonchev–Trinajstić information content (AvgIpc) is 3.20. The maximum atomic E-state index is 13.9. The molecule has 1 aliphatic rings. The van der Waals surface area contributed by atoms with Gasteiger partial charge in [0.05, 0.1) is 22.8 Å². The van der Waals surface area contributed by atoms with Crippen LogP contribution in [0.2, 0.25) is 0 Å². The highest BCUT2D eigenvalue weighted by Crippen LogP contribution is 2.29. The molecule has 6 N–H and O–H groups in total. The molecule has 0 unspecified atom stereocenters. The summed E-state index contributed by atoms with van der Waals surface area (Å²) in [5, 5.41) is 10.5. The summed E-state index contributed by atoms with van der Waals surface area (Å²) >= 11 is 0. The second-order valence-corrected chi connectivity index (χ2v) is 8.09. The Morgan fingerprint density at radius 2 is 2.00 bits per heavy atom. The van der Waals surface area contributed by atoms with E-state index < -0.39 is 5.82 Å². The number of carbonyl (C=O) groups is 1. The molecule has 1 saturated heterocycles. The van der Waals surface area contributed by atoms with Gasteiger partial charge in [0.1, 0.15) is 11.6 Å². The third kappa shape index (κ3) is 4.14. The molecule has 2 aromatic heterocycles. The topological polar surface area (TPSA) is 139 Å². The van der Waals surface area contributed by atoms with Gasteiger partial charge in [0.2, 0.25) is 11.9 Å². The number of piperidine rings is 1. The van der Waals surface area contributed by atoms with Gasteiger partial charge in [-0.15, -0.1) is 0 Å². The van der Waals surface area contributed by atoms with E-state index in [0.717, 1.165) is 29.4 Å². The molecule has 33 heavy (non-hydrogen) atoms. The van der Waals surface area contributed by atoms with Crippen LogP contribution in [0.15, 0.2) is 48.5 Å². The summed E-state index contributed by atoms with van der Waals surface area (Å²) in [6.07, 6.45) is 1.51. The molecule has 0 spiro atoms. The Kier molecular flexibility index (Phi) is 5.25. The lowest BCUT2D eigenvalue weighted by Crippen LogP contribution is -2.41. The van der Waals surface area contributed by atoms with Crippen molar-refractivity contribution in [2.45, 2.75) is 12.8 Å². The van der Waals surface area contributed by atoms with Gasteiger partial charge in [0.25, 0.3) is 0 Å². The van der Waals surface area contributed by atoms with E-state index in [-0.39, 0.29) is 23.5 Å². The van der Waals surface area contributed by atoms with Crippen molar-refractivity contribution in [1.29, 1.82) is 0 Å². The summed E-state index contributed by atoms with van der Waals surface area (Å²) in [4.78, 5) is 23.6. The van der Waals surface area contributed by atoms with Gasteiger partial charge in [-0.05, 0) is 37.1 Å². The number of para-hydroxylation sites is 1. The predicted octanol–water partition coefficient (Wildman–Crippen LogP) is 3.18. The lowest BCUT2D eigenvalue weighted by Gasteiger charge is -2.33. The number of hydrogen-bond donors (Lipinski definition) is 4. The van der Waals surface area contributed by atoms with Gasteiger partial charge >= 0.3 is 0 Å². The van der Waals surface area contributed by atoms with Crippen LogP contribution in [0.5, 0.6) is 0 Å². The van der Waals surface area contributed by atoms with Crippen molar-refractivity contribution >= 4 is 40.1 Å². The van der Waals surface area contributed by atoms with Crippen molar-refractivity contribution < 1.29 is 9.18 Å². The minimum Gasteiger partial charge on any atom is -0.382 e. The first kappa shape index (κ1) is 20.7. The second kappa shape index (κ2) is 8.38. The third-order valence-corrected chi connectivity index (χ3v) is 5.87. The maximum absolute atomic E-state index is 13.9. The number of nitrogens with one attached hydrogen (secondary N) is 2. The molecule has 1 fully saturated rings. The third-order valence-electron chi connectivity index (χ3n) is 5.87. The standard InChI is InChI=1S/C23H23FN8O/c24-16-5-1-2-6-17(16)27-22(33)14-4-3-9-32(12-14)20-11-18(28-23(26)29-20)13-7-8-15-19(10-13)30-31-21(15)25/h1-2,5-8,10-11,14H,3-4,9,12H2,(H,27,33)(H3,25,30,31)(H2,26,28,29)/t14-/m0/s1. The number of fused-ring (bicyclic) bond motifs is 1. The Hall–Kier alpha value is -4.21. The molecule has 0 saturated carbocycles. The molecule has 2 aromatic carbocycles. The molecule has 1 atom stereocenters. The molecule has 1 amide bonds. The van der Waals surface area contributed by atoms with E-state index in [1.165, 1.54) is 6.07 Å². The first-order valence-electron chi connectivity index (χ1n) is 10.7. The van der Waals surface area contributed by atoms with Gasteiger partial charge in [-0.3, -0.25) is 9.89 Å². The molecule has 1 aliphatic heterocycles. The van der Waals surface area contributed by atoms with Crippen molar-refractivity contribution in [1.82, 2.24) is 20.2 Å². The fourth-order valence-corrected chi connectivity index (χ4v) is 4.16. The van der Waals surface area contributed by atoms with Gasteiger partial charge in [-0.2, -0.15) is 10.1 Å². The van der Waals surface area contributed by atoms with Crippen molar-refractivity contribution in [2.75, 3.05) is 34.8 Å². The van der Waals surface area contributed by atoms with E-state index in [1.54, 1.807) is 18.2 Å². The Labute approximate surface area is 189 Å². The van der Waals surface area contributed by atoms with E-state index in [1.807, 2.05) is 29.2 Å². The fourth-order valence-electron chi connectivity index (χ4n) is 4.16. The molecular weight excluding hydrogens is 423 g/mol. The number of nitrogens with zero attached hydrogens (tertiary/aromatic N) is 4. The monoisotopic (exact) mass is 446 g/mol. The molecule has 0 aliphatic carbocycles. The highest BCUT2D eigenvalue weighted by atomic mass is 19.1. The largest absolute Gasteiger partial charge is 0.382 e. The number of H-pyrrole nitrogens is 1. The van der Waals surface area contributed by atoms with E-state index in [4.69, 9.17) is 11.5 Å². The number of nitrogens with two attached hydrogens (primary N) is 2. The van der Waals surface area contributed by atoms with Gasteiger partial charge in [0.15, 0.2) is 5.82 Å². The van der Waals surface area contributed by atoms with E-state index in [2.05, 4.69) is 25.5 Å². The zero-order valence-corrected chi connectivity index (χ0v) is 17.8. The summed E-state index contributed by atoms with van der Waals surface area (Å²) < 4.78 is 13.9. The molecule has 0 radical (unpaired) electrons. The lowest BCUT2D eigenvalue weighted by atomic mass is 9.97. The van der Waals surface area contributed by atoms with Crippen LogP contribution in [0.25, 0.3) is 22.2 Å². The maximum Gasteiger partial charge on any atom is 0.229 e. The zero-order valence-electron chi connectivity index (χ0n) is 17.8. The summed E-state index contributed by atoms with van der Waals surface area (Å²) in [5.41, 5.74) is 14.4. The lowest BCUT2D eigenvalue weighted by molar-refractivity contribution is -0.120. The van der Waals surface area contributed by atoms with Crippen LogP contribution < -0.4 is 21.7 Å². The molecular formula is C23H23FN8O. The Balaban J connectivity index is 1.37. The Morgan fingerprint density at radius 1 is 1.15 bits per heavy atom. The fraction of sp³-hybridized carbons (Fsp3) is 0.217. The van der Waals surface area contributed by atoms with Crippen molar-refractivity contribution in [3.05, 3.63) is 54.3 Å².